The van der Waals surface area contributed by atoms with Crippen LogP contribution in [0.15, 0.2) is 52.0 Å². The number of piperidine rings is 1. The molecular formula is C22H26N4O4S. The van der Waals surface area contributed by atoms with Crippen LogP contribution in [0.25, 0.3) is 11.1 Å². The first kappa shape index (κ1) is 21.5. The fourth-order valence-corrected chi connectivity index (χ4v) is 5.01. The maximum absolute atomic E-state index is 12.8. The van der Waals surface area contributed by atoms with E-state index >= 15 is 0 Å². The zero-order valence-corrected chi connectivity index (χ0v) is 18.6. The first-order valence-electron chi connectivity index (χ1n) is 10.3. The Hall–Kier alpha value is -2.78. The number of oxazole rings is 1. The average Bonchev–Trinajstić information content (AvgIpc) is 3.18. The molecule has 0 saturated carbocycles. The molecule has 164 valence electrons. The number of anilines is 1. The topological polar surface area (TPSA) is 105 Å². The molecule has 0 bridgehead atoms. The molecule has 0 radical (unpaired) electrons. The molecule has 3 aromatic rings. The second-order valence-electron chi connectivity index (χ2n) is 8.81. The maximum Gasteiger partial charge on any atom is 0.244 e. The zero-order chi connectivity index (χ0) is 22.2. The minimum absolute atomic E-state index is 0.114. The van der Waals surface area contributed by atoms with Gasteiger partial charge in [0, 0.05) is 42.5 Å². The van der Waals surface area contributed by atoms with Gasteiger partial charge in [0.2, 0.25) is 21.8 Å². The Balaban J connectivity index is 1.40. The molecule has 3 heterocycles. The zero-order valence-electron chi connectivity index (χ0n) is 17.8. The van der Waals surface area contributed by atoms with Crippen molar-refractivity contribution in [1.29, 1.82) is 0 Å². The summed E-state index contributed by atoms with van der Waals surface area (Å²) in [5, 5.41) is 2.94. The summed E-state index contributed by atoms with van der Waals surface area (Å²) in [6.45, 7) is 6.68. The maximum atomic E-state index is 12.8. The SMILES string of the molecule is CC(C)(C)c1nc2cc(NC(=O)C3CCN(S(=O)(=O)c4cccnc4)CC3)ccc2o1. The summed E-state index contributed by atoms with van der Waals surface area (Å²) < 4.78 is 32.7. The number of fused-ring (bicyclic) bond motifs is 1. The van der Waals surface area contributed by atoms with Gasteiger partial charge in [-0.25, -0.2) is 13.4 Å². The number of carbonyl (C=O) groups excluding carboxylic acids is 1. The number of hydrogen-bond donors (Lipinski definition) is 1. The number of pyridine rings is 1. The molecular weight excluding hydrogens is 416 g/mol. The monoisotopic (exact) mass is 442 g/mol. The van der Waals surface area contributed by atoms with Gasteiger partial charge in [0.1, 0.15) is 10.4 Å². The molecule has 0 unspecified atom stereocenters. The molecule has 1 saturated heterocycles. The lowest BCUT2D eigenvalue weighted by molar-refractivity contribution is -0.120. The molecule has 4 rings (SSSR count). The minimum atomic E-state index is -3.58. The Morgan fingerprint density at radius 3 is 2.58 bits per heavy atom. The van der Waals surface area contributed by atoms with Crippen LogP contribution in [0.4, 0.5) is 5.69 Å². The van der Waals surface area contributed by atoms with Crippen molar-refractivity contribution in [3.05, 3.63) is 48.6 Å². The van der Waals surface area contributed by atoms with Crippen LogP contribution in [0.1, 0.15) is 39.5 Å². The molecule has 1 amide bonds. The number of nitrogens with zero attached hydrogens (tertiary/aromatic N) is 3. The van der Waals surface area contributed by atoms with Crippen LogP contribution in [-0.4, -0.2) is 41.7 Å². The molecule has 1 aliphatic heterocycles. The highest BCUT2D eigenvalue weighted by Crippen LogP contribution is 2.28. The Morgan fingerprint density at radius 2 is 1.94 bits per heavy atom. The number of amides is 1. The van der Waals surface area contributed by atoms with Gasteiger partial charge in [-0.05, 0) is 43.2 Å². The summed E-state index contributed by atoms with van der Waals surface area (Å²) >= 11 is 0. The Kier molecular flexibility index (Phi) is 5.57. The van der Waals surface area contributed by atoms with Crippen LogP contribution < -0.4 is 5.32 Å². The summed E-state index contributed by atoms with van der Waals surface area (Å²) in [6.07, 6.45) is 3.81. The van der Waals surface area contributed by atoms with E-state index in [9.17, 15) is 13.2 Å². The van der Waals surface area contributed by atoms with E-state index in [2.05, 4.69) is 15.3 Å². The third-order valence-corrected chi connectivity index (χ3v) is 7.28. The molecule has 2 aromatic heterocycles. The van der Waals surface area contributed by atoms with Crippen molar-refractivity contribution in [2.45, 2.75) is 43.9 Å². The highest BCUT2D eigenvalue weighted by molar-refractivity contribution is 7.89. The van der Waals surface area contributed by atoms with Crippen molar-refractivity contribution in [1.82, 2.24) is 14.3 Å². The van der Waals surface area contributed by atoms with Gasteiger partial charge in [0.05, 0.1) is 0 Å². The van der Waals surface area contributed by atoms with Crippen molar-refractivity contribution in [2.75, 3.05) is 18.4 Å². The Labute approximate surface area is 181 Å². The first-order valence-corrected chi connectivity index (χ1v) is 11.7. The number of nitrogens with one attached hydrogen (secondary N) is 1. The van der Waals surface area contributed by atoms with Crippen molar-refractivity contribution in [2.24, 2.45) is 5.92 Å². The predicted octanol–water partition coefficient (Wildman–Crippen LogP) is 3.56. The number of hydrogen-bond acceptors (Lipinski definition) is 6. The van der Waals surface area contributed by atoms with Gasteiger partial charge in [-0.2, -0.15) is 4.31 Å². The van der Waals surface area contributed by atoms with Gasteiger partial charge in [-0.3, -0.25) is 9.78 Å². The third kappa shape index (κ3) is 4.47. The molecule has 1 fully saturated rings. The van der Waals surface area contributed by atoms with Crippen molar-refractivity contribution in [3.63, 3.8) is 0 Å². The molecule has 0 spiro atoms. The second kappa shape index (κ2) is 8.05. The highest BCUT2D eigenvalue weighted by Gasteiger charge is 2.32. The Morgan fingerprint density at radius 1 is 1.19 bits per heavy atom. The molecule has 31 heavy (non-hydrogen) atoms. The van der Waals surface area contributed by atoms with E-state index in [4.69, 9.17) is 4.42 Å². The lowest BCUT2D eigenvalue weighted by Crippen LogP contribution is -2.41. The van der Waals surface area contributed by atoms with Crippen molar-refractivity contribution >= 4 is 32.7 Å². The van der Waals surface area contributed by atoms with E-state index in [1.165, 1.54) is 22.8 Å². The van der Waals surface area contributed by atoms with E-state index in [1.807, 2.05) is 20.8 Å². The predicted molar refractivity (Wildman–Crippen MR) is 117 cm³/mol. The quantitative estimate of drug-likeness (QED) is 0.662. The van der Waals surface area contributed by atoms with Crippen LogP contribution in [0, 0.1) is 5.92 Å². The minimum Gasteiger partial charge on any atom is -0.440 e. The molecule has 0 aliphatic carbocycles. The molecule has 1 aliphatic rings. The van der Waals surface area contributed by atoms with Crippen molar-refractivity contribution in [3.8, 4) is 0 Å². The van der Waals surface area contributed by atoms with Gasteiger partial charge in [0.15, 0.2) is 5.58 Å². The number of rotatable bonds is 4. The standard InChI is InChI=1S/C22H26N4O4S/c1-22(2,3)21-25-18-13-16(6-7-19(18)30-21)24-20(27)15-8-11-26(12-9-15)31(28,29)17-5-4-10-23-14-17/h4-7,10,13-15H,8-9,11-12H2,1-3H3,(H,24,27). The number of sulfonamides is 1. The van der Waals surface area contributed by atoms with E-state index in [0.717, 1.165) is 0 Å². The van der Waals surface area contributed by atoms with Crippen LogP contribution >= 0.6 is 0 Å². The van der Waals surface area contributed by atoms with Crippen molar-refractivity contribution < 1.29 is 17.6 Å². The fourth-order valence-electron chi connectivity index (χ4n) is 3.58. The molecule has 9 heteroatoms. The number of aromatic nitrogens is 2. The van der Waals surface area contributed by atoms with Gasteiger partial charge >= 0.3 is 0 Å². The lowest BCUT2D eigenvalue weighted by atomic mass is 9.97. The van der Waals surface area contributed by atoms with E-state index < -0.39 is 10.0 Å². The van der Waals surface area contributed by atoms with Gasteiger partial charge in [0.25, 0.3) is 0 Å². The van der Waals surface area contributed by atoms with Crippen LogP contribution in [0.2, 0.25) is 0 Å². The fraction of sp³-hybridized carbons (Fsp3) is 0.409. The van der Waals surface area contributed by atoms with Crippen LogP contribution in [0.5, 0.6) is 0 Å². The average molecular weight is 443 g/mol. The summed E-state index contributed by atoms with van der Waals surface area (Å²) in [7, 11) is -3.58. The van der Waals surface area contributed by atoms with E-state index in [-0.39, 0.29) is 22.1 Å². The van der Waals surface area contributed by atoms with Gasteiger partial charge in [-0.1, -0.05) is 20.8 Å². The molecule has 8 nitrogen and oxygen atoms in total. The second-order valence-corrected chi connectivity index (χ2v) is 10.7. The smallest absolute Gasteiger partial charge is 0.244 e. The third-order valence-electron chi connectivity index (χ3n) is 5.39. The molecule has 1 N–H and O–H groups in total. The lowest BCUT2D eigenvalue weighted by Gasteiger charge is -2.30. The molecule has 1 aromatic carbocycles. The first-order chi connectivity index (χ1) is 14.6. The molecule has 0 atom stereocenters. The Bertz CT molecular complexity index is 1190. The van der Waals surface area contributed by atoms with E-state index in [0.29, 0.717) is 48.6 Å². The largest absolute Gasteiger partial charge is 0.440 e. The normalized spacial score (nSPS) is 16.5. The number of benzene rings is 1. The van der Waals surface area contributed by atoms with Crippen LogP contribution in [0.3, 0.4) is 0 Å². The van der Waals surface area contributed by atoms with Gasteiger partial charge < -0.3 is 9.73 Å². The number of carbonyl (C=O) groups is 1. The van der Waals surface area contributed by atoms with Gasteiger partial charge in [-0.15, -0.1) is 0 Å². The summed E-state index contributed by atoms with van der Waals surface area (Å²) in [5.41, 5.74) is 1.82. The summed E-state index contributed by atoms with van der Waals surface area (Å²) in [6, 6.07) is 8.53. The highest BCUT2D eigenvalue weighted by atomic mass is 32.2. The summed E-state index contributed by atoms with van der Waals surface area (Å²) in [5.74, 6) is 0.281. The van der Waals surface area contributed by atoms with Crippen LogP contribution in [-0.2, 0) is 20.2 Å². The summed E-state index contributed by atoms with van der Waals surface area (Å²) in [4.78, 5) is 21.4. The van der Waals surface area contributed by atoms with E-state index in [1.54, 1.807) is 24.3 Å².